The summed E-state index contributed by atoms with van der Waals surface area (Å²) in [5, 5.41) is 4.31. The molecule has 1 aromatic heterocycles. The van der Waals surface area contributed by atoms with Crippen molar-refractivity contribution in [3.63, 3.8) is 0 Å². The van der Waals surface area contributed by atoms with Gasteiger partial charge in [-0.25, -0.2) is 9.78 Å². The summed E-state index contributed by atoms with van der Waals surface area (Å²) in [4.78, 5) is 20.6. The van der Waals surface area contributed by atoms with Crippen LogP contribution in [0.25, 0.3) is 0 Å². The summed E-state index contributed by atoms with van der Waals surface area (Å²) in [5.74, 6) is 1.47. The van der Waals surface area contributed by atoms with Crippen LogP contribution in [0.4, 0.5) is 4.79 Å². The summed E-state index contributed by atoms with van der Waals surface area (Å²) in [6, 6.07) is 6.26. The lowest BCUT2D eigenvalue weighted by Gasteiger charge is -2.24. The fourth-order valence-electron chi connectivity index (χ4n) is 3.69. The summed E-state index contributed by atoms with van der Waals surface area (Å²) in [6.07, 6.45) is 5.94. The molecule has 1 unspecified atom stereocenters. The molecule has 1 atom stereocenters. The summed E-state index contributed by atoms with van der Waals surface area (Å²) in [5.41, 5.74) is 2.52. The Balaban J connectivity index is 1.45. The first-order chi connectivity index (χ1) is 12.7. The molecule has 26 heavy (non-hydrogen) atoms. The molecule has 1 aliphatic carbocycles. The first-order valence-corrected chi connectivity index (χ1v) is 10.1. The summed E-state index contributed by atoms with van der Waals surface area (Å²) < 4.78 is 5.50. The van der Waals surface area contributed by atoms with E-state index in [1.54, 1.807) is 18.4 Å². The highest BCUT2D eigenvalue weighted by Crippen LogP contribution is 2.42. The van der Waals surface area contributed by atoms with Gasteiger partial charge in [0.15, 0.2) is 0 Å². The maximum atomic E-state index is 12.9. The number of methoxy groups -OCH3 is 1. The standard InChI is InChI=1S/C20H25N3O2S/c1-13-12-21-19(26-13)18(15-6-7-15)22-20(24)23-10-8-14-4-3-5-17(25-2)16(14)9-11-23/h3-5,12,15,18H,6-11H2,1-2H3,(H,22,24). The third kappa shape index (κ3) is 3.56. The molecule has 0 saturated heterocycles. The van der Waals surface area contributed by atoms with Gasteiger partial charge in [0.25, 0.3) is 0 Å². The molecule has 6 heteroatoms. The second-order valence-corrected chi connectivity index (χ2v) is 8.43. The number of hydrogen-bond acceptors (Lipinski definition) is 4. The summed E-state index contributed by atoms with van der Waals surface area (Å²) >= 11 is 1.69. The lowest BCUT2D eigenvalue weighted by Crippen LogP contribution is -2.43. The van der Waals surface area contributed by atoms with Crippen LogP contribution in [0, 0.1) is 12.8 Å². The van der Waals surface area contributed by atoms with E-state index in [4.69, 9.17) is 4.74 Å². The molecule has 2 aromatic rings. The number of ether oxygens (including phenoxy) is 1. The van der Waals surface area contributed by atoms with Crippen molar-refractivity contribution in [1.82, 2.24) is 15.2 Å². The van der Waals surface area contributed by atoms with Gasteiger partial charge in [0, 0.05) is 24.2 Å². The molecular weight excluding hydrogens is 346 g/mol. The molecule has 2 amide bonds. The molecular formula is C20H25N3O2S. The van der Waals surface area contributed by atoms with E-state index in [2.05, 4.69) is 23.3 Å². The first-order valence-electron chi connectivity index (χ1n) is 9.28. The highest BCUT2D eigenvalue weighted by molar-refractivity contribution is 7.11. The number of hydrogen-bond donors (Lipinski definition) is 1. The fourth-order valence-corrected chi connectivity index (χ4v) is 4.61. The number of urea groups is 1. The van der Waals surface area contributed by atoms with Crippen molar-refractivity contribution in [3.8, 4) is 5.75 Å². The highest BCUT2D eigenvalue weighted by atomic mass is 32.1. The Morgan fingerprint density at radius 3 is 2.85 bits per heavy atom. The normalized spacial score (nSPS) is 18.0. The van der Waals surface area contributed by atoms with Crippen molar-refractivity contribution < 1.29 is 9.53 Å². The number of nitrogens with one attached hydrogen (secondary N) is 1. The van der Waals surface area contributed by atoms with Crippen molar-refractivity contribution in [3.05, 3.63) is 45.4 Å². The van der Waals surface area contributed by atoms with Gasteiger partial charge in [-0.15, -0.1) is 11.3 Å². The van der Waals surface area contributed by atoms with Gasteiger partial charge in [-0.1, -0.05) is 12.1 Å². The number of fused-ring (bicyclic) bond motifs is 1. The molecule has 0 radical (unpaired) electrons. The van der Waals surface area contributed by atoms with Gasteiger partial charge in [0.1, 0.15) is 10.8 Å². The molecule has 2 aliphatic rings. The largest absolute Gasteiger partial charge is 0.496 e. The molecule has 138 valence electrons. The molecule has 2 heterocycles. The Morgan fingerprint density at radius 1 is 1.35 bits per heavy atom. The van der Waals surface area contributed by atoms with Crippen LogP contribution < -0.4 is 10.1 Å². The number of aromatic nitrogens is 1. The van der Waals surface area contributed by atoms with Crippen LogP contribution in [-0.2, 0) is 12.8 Å². The molecule has 1 N–H and O–H groups in total. The van der Waals surface area contributed by atoms with Crippen molar-refractivity contribution in [2.24, 2.45) is 5.92 Å². The third-order valence-corrected chi connectivity index (χ3v) is 6.29. The van der Waals surface area contributed by atoms with E-state index in [1.165, 1.54) is 28.8 Å². The zero-order valence-corrected chi connectivity index (χ0v) is 16.1. The number of amides is 2. The quantitative estimate of drug-likeness (QED) is 0.891. The third-order valence-electron chi connectivity index (χ3n) is 5.30. The Bertz CT molecular complexity index is 800. The van der Waals surface area contributed by atoms with Crippen LogP contribution in [0.15, 0.2) is 24.4 Å². The molecule has 0 bridgehead atoms. The lowest BCUT2D eigenvalue weighted by molar-refractivity contribution is 0.194. The topological polar surface area (TPSA) is 54.5 Å². The number of rotatable bonds is 4. The van der Waals surface area contributed by atoms with Gasteiger partial charge < -0.3 is 15.0 Å². The van der Waals surface area contributed by atoms with E-state index in [0.717, 1.165) is 30.1 Å². The van der Waals surface area contributed by atoms with Crippen molar-refractivity contribution in [1.29, 1.82) is 0 Å². The number of carbonyl (C=O) groups is 1. The van der Waals surface area contributed by atoms with E-state index in [9.17, 15) is 4.79 Å². The Morgan fingerprint density at radius 2 is 2.15 bits per heavy atom. The van der Waals surface area contributed by atoms with Crippen LogP contribution in [-0.4, -0.2) is 36.1 Å². The van der Waals surface area contributed by atoms with Gasteiger partial charge in [0.2, 0.25) is 0 Å². The van der Waals surface area contributed by atoms with Gasteiger partial charge in [-0.3, -0.25) is 0 Å². The zero-order chi connectivity index (χ0) is 18.1. The monoisotopic (exact) mass is 371 g/mol. The summed E-state index contributed by atoms with van der Waals surface area (Å²) in [7, 11) is 1.71. The average molecular weight is 372 g/mol. The summed E-state index contributed by atoms with van der Waals surface area (Å²) in [6.45, 7) is 3.51. The van der Waals surface area contributed by atoms with Crippen LogP contribution in [0.3, 0.4) is 0 Å². The number of nitrogens with zero attached hydrogens (tertiary/aromatic N) is 2. The van der Waals surface area contributed by atoms with Crippen LogP contribution in [0.1, 0.15) is 39.9 Å². The number of aryl methyl sites for hydroxylation is 1. The Kier molecular flexibility index (Phi) is 4.85. The van der Waals surface area contributed by atoms with E-state index < -0.39 is 0 Å². The predicted octanol–water partition coefficient (Wildman–Crippen LogP) is 3.72. The van der Waals surface area contributed by atoms with Crippen LogP contribution in [0.5, 0.6) is 5.75 Å². The zero-order valence-electron chi connectivity index (χ0n) is 15.3. The van der Waals surface area contributed by atoms with E-state index in [0.29, 0.717) is 12.5 Å². The fraction of sp³-hybridized carbons (Fsp3) is 0.500. The van der Waals surface area contributed by atoms with Crippen molar-refractivity contribution in [2.45, 2.75) is 38.6 Å². The van der Waals surface area contributed by atoms with Gasteiger partial charge in [0.05, 0.1) is 13.2 Å². The predicted molar refractivity (Wildman–Crippen MR) is 103 cm³/mol. The molecule has 5 nitrogen and oxygen atoms in total. The highest BCUT2D eigenvalue weighted by Gasteiger charge is 2.36. The van der Waals surface area contributed by atoms with E-state index in [1.807, 2.05) is 23.2 Å². The molecule has 1 fully saturated rings. The molecule has 1 aromatic carbocycles. The SMILES string of the molecule is COc1cccc2c1CCN(C(=O)NC(c1ncc(C)s1)C1CC1)CC2. The van der Waals surface area contributed by atoms with Crippen molar-refractivity contribution in [2.75, 3.05) is 20.2 Å². The second kappa shape index (κ2) is 7.27. The van der Waals surface area contributed by atoms with Crippen LogP contribution >= 0.6 is 11.3 Å². The minimum atomic E-state index is 0.0292. The second-order valence-electron chi connectivity index (χ2n) is 7.16. The lowest BCUT2D eigenvalue weighted by atomic mass is 10.0. The number of thiazole rings is 1. The van der Waals surface area contributed by atoms with Gasteiger partial charge >= 0.3 is 6.03 Å². The van der Waals surface area contributed by atoms with Gasteiger partial charge in [-0.05, 0) is 55.7 Å². The maximum Gasteiger partial charge on any atom is 0.317 e. The van der Waals surface area contributed by atoms with E-state index >= 15 is 0 Å². The van der Waals surface area contributed by atoms with Crippen LogP contribution in [0.2, 0.25) is 0 Å². The Hall–Kier alpha value is -2.08. The smallest absolute Gasteiger partial charge is 0.317 e. The molecule has 0 spiro atoms. The average Bonchev–Trinajstić information content (AvgIpc) is 3.43. The molecule has 4 rings (SSSR count). The van der Waals surface area contributed by atoms with Crippen molar-refractivity contribution >= 4 is 17.4 Å². The maximum absolute atomic E-state index is 12.9. The minimum absolute atomic E-state index is 0.0292. The minimum Gasteiger partial charge on any atom is -0.496 e. The molecule has 1 saturated carbocycles. The van der Waals surface area contributed by atoms with E-state index in [-0.39, 0.29) is 12.1 Å². The number of carbonyl (C=O) groups excluding carboxylic acids is 1. The Labute approximate surface area is 158 Å². The first kappa shape index (κ1) is 17.3. The molecule has 1 aliphatic heterocycles. The van der Waals surface area contributed by atoms with Gasteiger partial charge in [-0.2, -0.15) is 0 Å². The number of benzene rings is 1.